The topological polar surface area (TPSA) is 43.9 Å². The average Bonchev–Trinajstić information content (AvgIpc) is 3.79. The predicted molar refractivity (Wildman–Crippen MR) is 218 cm³/mol. The molecule has 2 aliphatic rings. The molecule has 2 aliphatic carbocycles. The van der Waals surface area contributed by atoms with Crippen molar-refractivity contribution in [2.45, 2.75) is 19.3 Å². The van der Waals surface area contributed by atoms with Crippen LogP contribution in [-0.2, 0) is 5.41 Å². The van der Waals surface area contributed by atoms with Crippen molar-refractivity contribution < 1.29 is 4.42 Å². The maximum Gasteiger partial charge on any atom is 0.165 e. The van der Waals surface area contributed by atoms with Crippen molar-refractivity contribution in [3.05, 3.63) is 151 Å². The van der Waals surface area contributed by atoms with E-state index in [-0.39, 0.29) is 5.41 Å². The minimum Gasteiger partial charge on any atom is -0.456 e. The first-order valence-electron chi connectivity index (χ1n) is 18.3. The van der Waals surface area contributed by atoms with Gasteiger partial charge in [0.15, 0.2) is 5.82 Å². The molecule has 0 spiro atoms. The first kappa shape index (κ1) is 27.9. The Morgan fingerprint density at radius 2 is 1.21 bits per heavy atom. The number of fused-ring (bicyclic) bond motifs is 7. The fraction of sp³-hybridized carbons (Fsp3) is 0.0612. The normalized spacial score (nSPS) is 14.0. The first-order valence-corrected chi connectivity index (χ1v) is 18.3. The van der Waals surface area contributed by atoms with Crippen molar-refractivity contribution in [3.8, 4) is 39.3 Å². The Hall–Kier alpha value is -6.78. The Morgan fingerprint density at radius 3 is 2.13 bits per heavy atom. The molecule has 53 heavy (non-hydrogen) atoms. The van der Waals surface area contributed by atoms with Crippen LogP contribution < -0.4 is 0 Å². The van der Waals surface area contributed by atoms with Gasteiger partial charge in [-0.1, -0.05) is 117 Å². The molecule has 0 saturated heterocycles. The van der Waals surface area contributed by atoms with Gasteiger partial charge in [-0.25, -0.2) is 9.97 Å². The molecule has 11 aromatic rings. The highest BCUT2D eigenvalue weighted by molar-refractivity contribution is 6.38. The van der Waals surface area contributed by atoms with Gasteiger partial charge in [0.2, 0.25) is 0 Å². The monoisotopic (exact) mass is 675 g/mol. The molecule has 0 N–H and O–H groups in total. The highest BCUT2D eigenvalue weighted by Crippen LogP contribution is 2.52. The Morgan fingerprint density at radius 1 is 0.509 bits per heavy atom. The molecule has 0 radical (unpaired) electrons. The summed E-state index contributed by atoms with van der Waals surface area (Å²) in [4.78, 5) is 11.3. The van der Waals surface area contributed by atoms with E-state index in [2.05, 4.69) is 158 Å². The Labute approximate surface area is 303 Å². The lowest BCUT2D eigenvalue weighted by Crippen LogP contribution is -2.15. The quantitative estimate of drug-likeness (QED) is 0.171. The van der Waals surface area contributed by atoms with Gasteiger partial charge in [0.25, 0.3) is 0 Å². The van der Waals surface area contributed by atoms with Crippen molar-refractivity contribution in [1.82, 2.24) is 14.5 Å². The number of rotatable bonds is 2. The van der Waals surface area contributed by atoms with Gasteiger partial charge in [-0.3, -0.25) is 4.57 Å². The van der Waals surface area contributed by atoms with Crippen LogP contribution in [0.3, 0.4) is 0 Å². The second kappa shape index (κ2) is 9.36. The predicted octanol–water partition coefficient (Wildman–Crippen LogP) is 12.9. The van der Waals surface area contributed by atoms with Crippen LogP contribution in [0, 0.1) is 0 Å². The summed E-state index contributed by atoms with van der Waals surface area (Å²) in [6.07, 6.45) is 0. The Bertz CT molecular complexity index is 3490. The molecule has 0 aliphatic heterocycles. The SMILES string of the molecule is CC1(C)c2ccccc2-c2ccc(-c3nc4c(ccc5ccccc54)nc3-n3c4ccc5cccc6c5c4c4c5c(ccc43)oc3cccc-6c35)cc21. The van der Waals surface area contributed by atoms with Gasteiger partial charge in [0.1, 0.15) is 16.9 Å². The van der Waals surface area contributed by atoms with Crippen molar-refractivity contribution in [3.63, 3.8) is 0 Å². The van der Waals surface area contributed by atoms with Crippen LogP contribution in [0.15, 0.2) is 144 Å². The van der Waals surface area contributed by atoms with E-state index in [1.165, 1.54) is 65.7 Å². The molecule has 0 unspecified atom stereocenters. The van der Waals surface area contributed by atoms with E-state index in [9.17, 15) is 0 Å². The molecule has 0 fully saturated rings. The fourth-order valence-electron chi connectivity index (χ4n) is 9.93. The van der Waals surface area contributed by atoms with Crippen LogP contribution >= 0.6 is 0 Å². The molecular formula is C49H29N3O. The van der Waals surface area contributed by atoms with Crippen molar-refractivity contribution in [1.29, 1.82) is 0 Å². The number of nitrogens with zero attached hydrogens (tertiary/aromatic N) is 3. The van der Waals surface area contributed by atoms with E-state index >= 15 is 0 Å². The van der Waals surface area contributed by atoms with Crippen molar-refractivity contribution >= 4 is 76.3 Å². The van der Waals surface area contributed by atoms with E-state index in [0.717, 1.165) is 61.1 Å². The summed E-state index contributed by atoms with van der Waals surface area (Å²) in [5, 5.41) is 9.52. The molecule has 0 atom stereocenters. The zero-order valence-corrected chi connectivity index (χ0v) is 29.0. The highest BCUT2D eigenvalue weighted by atomic mass is 16.3. The van der Waals surface area contributed by atoms with Crippen molar-refractivity contribution in [2.24, 2.45) is 0 Å². The van der Waals surface area contributed by atoms with Crippen LogP contribution in [-0.4, -0.2) is 14.5 Å². The Balaban J connectivity index is 1.21. The summed E-state index contributed by atoms with van der Waals surface area (Å²) in [7, 11) is 0. The second-order valence-electron chi connectivity index (χ2n) is 15.3. The fourth-order valence-corrected chi connectivity index (χ4v) is 9.93. The molecule has 0 saturated carbocycles. The molecular weight excluding hydrogens is 647 g/mol. The summed E-state index contributed by atoms with van der Waals surface area (Å²) >= 11 is 0. The zero-order valence-electron chi connectivity index (χ0n) is 29.0. The van der Waals surface area contributed by atoms with Crippen LogP contribution in [0.5, 0.6) is 0 Å². The number of hydrogen-bond donors (Lipinski definition) is 0. The van der Waals surface area contributed by atoms with Gasteiger partial charge in [-0.2, -0.15) is 0 Å². The van der Waals surface area contributed by atoms with Crippen LogP contribution in [0.2, 0.25) is 0 Å². The van der Waals surface area contributed by atoms with Crippen LogP contribution in [0.4, 0.5) is 0 Å². The smallest absolute Gasteiger partial charge is 0.165 e. The largest absolute Gasteiger partial charge is 0.456 e. The Kier molecular flexibility index (Phi) is 4.92. The molecule has 0 bridgehead atoms. The molecule has 0 amide bonds. The third-order valence-electron chi connectivity index (χ3n) is 12.3. The van der Waals surface area contributed by atoms with E-state index in [4.69, 9.17) is 14.4 Å². The van der Waals surface area contributed by atoms with Gasteiger partial charge in [0.05, 0.1) is 22.1 Å². The van der Waals surface area contributed by atoms with Gasteiger partial charge in [0, 0.05) is 37.9 Å². The van der Waals surface area contributed by atoms with E-state index in [1.54, 1.807) is 0 Å². The molecule has 246 valence electrons. The average molecular weight is 676 g/mol. The van der Waals surface area contributed by atoms with Crippen LogP contribution in [0.1, 0.15) is 25.0 Å². The second-order valence-corrected chi connectivity index (χ2v) is 15.3. The minimum absolute atomic E-state index is 0.149. The third kappa shape index (κ3) is 3.33. The summed E-state index contributed by atoms with van der Waals surface area (Å²) in [5.41, 5.74) is 15.3. The lowest BCUT2D eigenvalue weighted by Gasteiger charge is -2.22. The maximum atomic E-state index is 6.57. The summed E-state index contributed by atoms with van der Waals surface area (Å²) in [6, 6.07) is 50.6. The number of benzene rings is 8. The van der Waals surface area contributed by atoms with Crippen molar-refractivity contribution in [2.75, 3.05) is 0 Å². The molecule has 4 nitrogen and oxygen atoms in total. The van der Waals surface area contributed by atoms with E-state index in [0.29, 0.717) is 0 Å². The van der Waals surface area contributed by atoms with Gasteiger partial charge in [-0.05, 0) is 85.9 Å². The van der Waals surface area contributed by atoms with Gasteiger partial charge < -0.3 is 4.42 Å². The van der Waals surface area contributed by atoms with E-state index in [1.807, 2.05) is 0 Å². The number of furan rings is 1. The molecule has 3 heterocycles. The third-order valence-corrected chi connectivity index (χ3v) is 12.3. The first-order chi connectivity index (χ1) is 26.0. The number of aromatic nitrogens is 3. The van der Waals surface area contributed by atoms with Crippen LogP contribution in [0.25, 0.3) is 116 Å². The summed E-state index contributed by atoms with van der Waals surface area (Å²) in [6.45, 7) is 4.68. The zero-order chi connectivity index (χ0) is 34.7. The minimum atomic E-state index is -0.149. The number of hydrogen-bond acceptors (Lipinski definition) is 3. The molecule has 8 aromatic carbocycles. The summed E-state index contributed by atoms with van der Waals surface area (Å²) in [5.74, 6) is 0.825. The maximum absolute atomic E-state index is 6.57. The molecule has 13 rings (SSSR count). The standard InChI is InChI=1S/C49H29N3O/c1-49(2)34-15-6-5-12-30(34)31-20-17-28(25-35(31)49)46-48(50-36-21-18-26-9-3-4-11-29(26)47(36)51-46)52-37-22-19-27-10-7-13-32-33-14-8-16-39-42(33)45-40(53-39)24-23-38(52)44(45)43(37)41(27)32/h3-25H,1-2H3. The van der Waals surface area contributed by atoms with E-state index < -0.39 is 0 Å². The highest BCUT2D eigenvalue weighted by Gasteiger charge is 2.36. The molecule has 4 heteroatoms. The summed E-state index contributed by atoms with van der Waals surface area (Å²) < 4.78 is 8.95. The van der Waals surface area contributed by atoms with Gasteiger partial charge >= 0.3 is 0 Å². The lowest BCUT2D eigenvalue weighted by molar-refractivity contribution is 0.660. The molecule has 3 aromatic heterocycles. The van der Waals surface area contributed by atoms with Gasteiger partial charge in [-0.15, -0.1) is 0 Å². The lowest BCUT2D eigenvalue weighted by atomic mass is 9.82.